The van der Waals surface area contributed by atoms with Gasteiger partial charge in [-0.25, -0.2) is 8.78 Å². The van der Waals surface area contributed by atoms with E-state index < -0.39 is 43.1 Å². The first-order valence-electron chi connectivity index (χ1n) is 4.32. The van der Waals surface area contributed by atoms with Gasteiger partial charge in [-0.1, -0.05) is 0 Å². The second kappa shape index (κ2) is 4.78. The number of methoxy groups -OCH3 is 1. The van der Waals surface area contributed by atoms with Gasteiger partial charge in [-0.15, -0.1) is 0 Å². The number of halogens is 13. The molecule has 0 amide bonds. The molecule has 14 heteroatoms. The number of ether oxygens (including phenoxy) is 1. The van der Waals surface area contributed by atoms with E-state index in [0.717, 1.165) is 0 Å². The summed E-state index contributed by atoms with van der Waals surface area (Å²) < 4.78 is 162. The monoisotopic (exact) mass is 350 g/mol. The van der Waals surface area contributed by atoms with Crippen LogP contribution in [-0.4, -0.2) is 43.1 Å². The summed E-state index contributed by atoms with van der Waals surface area (Å²) in [6.45, 7) is 0. The average molecular weight is 350 g/mol. The van der Waals surface area contributed by atoms with Gasteiger partial charge in [-0.3, -0.25) is 0 Å². The van der Waals surface area contributed by atoms with Crippen LogP contribution in [0.5, 0.6) is 0 Å². The molecule has 0 radical (unpaired) electrons. The fourth-order valence-corrected chi connectivity index (χ4v) is 1.19. The van der Waals surface area contributed by atoms with Gasteiger partial charge in [0, 0.05) is 7.11 Å². The van der Waals surface area contributed by atoms with Crippen LogP contribution in [-0.2, 0) is 4.74 Å². The SMILES string of the molecule is CO[C@](F)(C(F)(F)C(F)(F)F)C(F)(C(F)(F)F)C(F)(F)F. The van der Waals surface area contributed by atoms with Gasteiger partial charge in [0.2, 0.25) is 0 Å². The Kier molecular flexibility index (Phi) is 4.56. The fraction of sp³-hybridized carbons (Fsp3) is 1.00. The highest BCUT2D eigenvalue weighted by atomic mass is 19.4. The Hall–Kier alpha value is -0.950. The first kappa shape index (κ1) is 20.1. The lowest BCUT2D eigenvalue weighted by atomic mass is 9.88. The highest BCUT2D eigenvalue weighted by molar-refractivity contribution is 5.13. The molecule has 0 spiro atoms. The fourth-order valence-electron chi connectivity index (χ4n) is 1.19. The molecule has 21 heavy (non-hydrogen) atoms. The van der Waals surface area contributed by atoms with Gasteiger partial charge >= 0.3 is 36.0 Å². The summed E-state index contributed by atoms with van der Waals surface area (Å²) in [6.07, 6.45) is -22.3. The van der Waals surface area contributed by atoms with Crippen molar-refractivity contribution in [1.82, 2.24) is 0 Å². The van der Waals surface area contributed by atoms with Gasteiger partial charge in [-0.2, -0.15) is 48.3 Å². The highest BCUT2D eigenvalue weighted by Gasteiger charge is 2.93. The maximum absolute atomic E-state index is 13.3. The summed E-state index contributed by atoms with van der Waals surface area (Å²) in [7, 11) is -0.703. The first-order chi connectivity index (χ1) is 8.81. The smallest absolute Gasteiger partial charge is 0.341 e. The Morgan fingerprint density at radius 2 is 0.810 bits per heavy atom. The maximum Gasteiger partial charge on any atom is 0.459 e. The minimum absolute atomic E-state index is 0.703. The van der Waals surface area contributed by atoms with E-state index in [4.69, 9.17) is 0 Å². The Morgan fingerprint density at radius 1 is 0.524 bits per heavy atom. The second-order valence-corrected chi connectivity index (χ2v) is 3.53. The lowest BCUT2D eigenvalue weighted by Gasteiger charge is -2.43. The molecular formula is C7H3F13O. The van der Waals surface area contributed by atoms with Crippen molar-refractivity contribution in [2.75, 3.05) is 7.11 Å². The van der Waals surface area contributed by atoms with Crippen molar-refractivity contribution in [1.29, 1.82) is 0 Å². The lowest BCUT2D eigenvalue weighted by Crippen LogP contribution is -2.75. The third kappa shape index (κ3) is 2.50. The van der Waals surface area contributed by atoms with E-state index in [1.165, 1.54) is 0 Å². The van der Waals surface area contributed by atoms with Crippen molar-refractivity contribution < 1.29 is 61.8 Å². The largest absolute Gasteiger partial charge is 0.459 e. The second-order valence-electron chi connectivity index (χ2n) is 3.53. The normalized spacial score (nSPS) is 18.6. The quantitative estimate of drug-likeness (QED) is 0.689. The summed E-state index contributed by atoms with van der Waals surface area (Å²) in [5.41, 5.74) is -7.64. The standard InChI is InChI=1S/C7H3F13O/c1-21-4(11,3(9,10)7(18,19)20)2(8,5(12,13)14)6(15,16)17/h1H3/t4-/m0/s1. The predicted octanol–water partition coefficient (Wildman–Crippen LogP) is 4.33. The number of rotatable bonds is 3. The van der Waals surface area contributed by atoms with Gasteiger partial charge in [0.25, 0.3) is 0 Å². The molecule has 0 heterocycles. The Bertz CT molecular complexity index is 361. The Balaban J connectivity index is 6.60. The van der Waals surface area contributed by atoms with Crippen LogP contribution in [0.4, 0.5) is 57.1 Å². The van der Waals surface area contributed by atoms with Crippen LogP contribution in [0, 0.1) is 0 Å². The van der Waals surface area contributed by atoms with Crippen LogP contribution >= 0.6 is 0 Å². The lowest BCUT2D eigenvalue weighted by molar-refractivity contribution is -0.476. The van der Waals surface area contributed by atoms with E-state index in [1.807, 2.05) is 0 Å². The highest BCUT2D eigenvalue weighted by Crippen LogP contribution is 2.61. The maximum atomic E-state index is 13.3. The van der Waals surface area contributed by atoms with Crippen molar-refractivity contribution in [2.24, 2.45) is 0 Å². The van der Waals surface area contributed by atoms with E-state index in [-0.39, 0.29) is 0 Å². The zero-order valence-corrected chi connectivity index (χ0v) is 9.32. The number of alkyl halides is 13. The molecule has 128 valence electrons. The van der Waals surface area contributed by atoms with Gasteiger partial charge in [0.05, 0.1) is 0 Å². The summed E-state index contributed by atoms with van der Waals surface area (Å²) in [5, 5.41) is 0. The molecule has 1 atom stereocenters. The molecular weight excluding hydrogens is 347 g/mol. The van der Waals surface area contributed by atoms with Crippen LogP contribution in [0.1, 0.15) is 0 Å². The van der Waals surface area contributed by atoms with Crippen molar-refractivity contribution in [3.8, 4) is 0 Å². The molecule has 1 nitrogen and oxygen atoms in total. The molecule has 0 bridgehead atoms. The zero-order chi connectivity index (χ0) is 17.7. The minimum Gasteiger partial charge on any atom is -0.341 e. The van der Waals surface area contributed by atoms with Crippen LogP contribution in [0.3, 0.4) is 0 Å². The number of hydrogen-bond acceptors (Lipinski definition) is 1. The summed E-state index contributed by atoms with van der Waals surface area (Å²) >= 11 is 0. The Morgan fingerprint density at radius 3 is 0.952 bits per heavy atom. The molecule has 0 aromatic carbocycles. The summed E-state index contributed by atoms with van der Waals surface area (Å²) in [6, 6.07) is 0. The third-order valence-corrected chi connectivity index (χ3v) is 2.27. The first-order valence-corrected chi connectivity index (χ1v) is 4.32. The van der Waals surface area contributed by atoms with Crippen LogP contribution in [0.25, 0.3) is 0 Å². The zero-order valence-electron chi connectivity index (χ0n) is 9.32. The molecule has 0 aliphatic heterocycles. The number of hydrogen-bond donors (Lipinski definition) is 0. The van der Waals surface area contributed by atoms with Crippen molar-refractivity contribution >= 4 is 0 Å². The van der Waals surface area contributed by atoms with Gasteiger partial charge in [0.15, 0.2) is 0 Å². The third-order valence-electron chi connectivity index (χ3n) is 2.27. The van der Waals surface area contributed by atoms with E-state index in [0.29, 0.717) is 0 Å². The van der Waals surface area contributed by atoms with Crippen molar-refractivity contribution in [3.05, 3.63) is 0 Å². The molecule has 0 fully saturated rings. The minimum atomic E-state index is -7.64. The topological polar surface area (TPSA) is 9.23 Å². The van der Waals surface area contributed by atoms with Crippen LogP contribution < -0.4 is 0 Å². The summed E-state index contributed by atoms with van der Waals surface area (Å²) in [5.74, 6) is -14.6. The molecule has 0 aromatic heterocycles. The molecule has 0 aliphatic rings. The Labute approximate surface area is 106 Å². The summed E-state index contributed by atoms with van der Waals surface area (Å²) in [4.78, 5) is 0. The molecule has 0 aromatic rings. The molecule has 0 saturated heterocycles. The molecule has 0 aliphatic carbocycles. The van der Waals surface area contributed by atoms with E-state index in [2.05, 4.69) is 4.74 Å². The molecule has 0 saturated carbocycles. The van der Waals surface area contributed by atoms with Gasteiger partial charge in [0.1, 0.15) is 0 Å². The van der Waals surface area contributed by atoms with Crippen molar-refractivity contribution in [2.45, 2.75) is 36.0 Å². The van der Waals surface area contributed by atoms with Gasteiger partial charge < -0.3 is 4.74 Å². The van der Waals surface area contributed by atoms with E-state index in [9.17, 15) is 57.1 Å². The van der Waals surface area contributed by atoms with Gasteiger partial charge in [-0.05, 0) is 0 Å². The van der Waals surface area contributed by atoms with Crippen LogP contribution in [0.2, 0.25) is 0 Å². The van der Waals surface area contributed by atoms with E-state index >= 15 is 0 Å². The van der Waals surface area contributed by atoms with E-state index in [1.54, 1.807) is 0 Å². The molecule has 0 rings (SSSR count). The molecule has 0 unspecified atom stereocenters. The molecule has 0 N–H and O–H groups in total. The average Bonchev–Trinajstić information content (AvgIpc) is 2.21. The predicted molar refractivity (Wildman–Crippen MR) is 37.8 cm³/mol. The van der Waals surface area contributed by atoms with Crippen molar-refractivity contribution in [3.63, 3.8) is 0 Å². The van der Waals surface area contributed by atoms with Crippen LogP contribution in [0.15, 0.2) is 0 Å².